The summed E-state index contributed by atoms with van der Waals surface area (Å²) in [6.07, 6.45) is 1.23. The van der Waals surface area contributed by atoms with Gasteiger partial charge in [0.1, 0.15) is 29.5 Å². The van der Waals surface area contributed by atoms with E-state index in [4.69, 9.17) is 14.2 Å². The minimum absolute atomic E-state index is 0.0132. The molecule has 0 aliphatic heterocycles. The average Bonchev–Trinajstić information content (AvgIpc) is 3.09. The standard InChI is InChI=1S/C39H47F3N2O3/c1-43-27-25-37(31-13-7-5-8-14-31)46-36-23-21-34(22-24-36)45-30-12-4-3-11-28-44(2)29-26-38(32-15-9-6-10-16-32)47-35-19-17-33(18-20-35)39(40,41)42/h5-10,13-24,37-38,43H,3-4,11-12,25-30H2,1-2H3. The Kier molecular flexibility index (Phi) is 14.5. The van der Waals surface area contributed by atoms with Crippen LogP contribution >= 0.6 is 0 Å². The van der Waals surface area contributed by atoms with E-state index < -0.39 is 11.7 Å². The molecule has 2 unspecified atom stereocenters. The lowest BCUT2D eigenvalue weighted by atomic mass is 10.1. The fourth-order valence-corrected chi connectivity index (χ4v) is 5.34. The van der Waals surface area contributed by atoms with E-state index in [1.165, 1.54) is 12.1 Å². The molecule has 0 bridgehead atoms. The van der Waals surface area contributed by atoms with Crippen molar-refractivity contribution >= 4 is 0 Å². The summed E-state index contributed by atoms with van der Waals surface area (Å²) in [5, 5.41) is 3.20. The Morgan fingerprint density at radius 3 is 1.68 bits per heavy atom. The summed E-state index contributed by atoms with van der Waals surface area (Å²) >= 11 is 0. The first-order valence-electron chi connectivity index (χ1n) is 16.5. The van der Waals surface area contributed by atoms with E-state index in [-0.39, 0.29) is 12.2 Å². The van der Waals surface area contributed by atoms with Gasteiger partial charge in [0.25, 0.3) is 0 Å². The maximum absolute atomic E-state index is 13.0. The van der Waals surface area contributed by atoms with Crippen LogP contribution in [0.25, 0.3) is 0 Å². The van der Waals surface area contributed by atoms with Gasteiger partial charge >= 0.3 is 6.18 Å². The van der Waals surface area contributed by atoms with Crippen LogP contribution in [-0.4, -0.2) is 45.2 Å². The number of rotatable bonds is 20. The second-order valence-corrected chi connectivity index (χ2v) is 11.8. The Morgan fingerprint density at radius 2 is 1.13 bits per heavy atom. The normalized spacial score (nSPS) is 12.9. The number of unbranched alkanes of at least 4 members (excludes halogenated alkanes) is 3. The third-order valence-corrected chi connectivity index (χ3v) is 8.04. The van der Waals surface area contributed by atoms with Crippen LogP contribution in [0.15, 0.2) is 109 Å². The maximum atomic E-state index is 13.0. The second-order valence-electron chi connectivity index (χ2n) is 11.8. The zero-order valence-electron chi connectivity index (χ0n) is 27.4. The molecule has 0 spiro atoms. The summed E-state index contributed by atoms with van der Waals surface area (Å²) in [6, 6.07) is 32.9. The van der Waals surface area contributed by atoms with Crippen molar-refractivity contribution in [3.05, 3.63) is 126 Å². The van der Waals surface area contributed by atoms with Gasteiger partial charge in [0, 0.05) is 19.4 Å². The first-order chi connectivity index (χ1) is 22.8. The zero-order valence-corrected chi connectivity index (χ0v) is 27.4. The molecule has 4 aromatic carbocycles. The molecule has 0 radical (unpaired) electrons. The monoisotopic (exact) mass is 648 g/mol. The molecule has 0 aromatic heterocycles. The van der Waals surface area contributed by atoms with Crippen molar-refractivity contribution in [1.29, 1.82) is 0 Å². The molecule has 2 atom stereocenters. The molecular formula is C39H47F3N2O3. The van der Waals surface area contributed by atoms with Crippen LogP contribution in [0.4, 0.5) is 13.2 Å². The number of nitrogens with one attached hydrogen (secondary N) is 1. The van der Waals surface area contributed by atoms with Gasteiger partial charge in [0.2, 0.25) is 0 Å². The highest BCUT2D eigenvalue weighted by Crippen LogP contribution is 2.32. The lowest BCUT2D eigenvalue weighted by Gasteiger charge is -2.23. The van der Waals surface area contributed by atoms with Crippen molar-refractivity contribution in [2.24, 2.45) is 0 Å². The van der Waals surface area contributed by atoms with E-state index in [0.29, 0.717) is 12.4 Å². The molecule has 0 fully saturated rings. The van der Waals surface area contributed by atoms with Crippen LogP contribution in [0.3, 0.4) is 0 Å². The molecule has 0 amide bonds. The summed E-state index contributed by atoms with van der Waals surface area (Å²) in [7, 11) is 4.05. The number of nitrogens with zero attached hydrogens (tertiary/aromatic N) is 1. The molecule has 1 N–H and O–H groups in total. The van der Waals surface area contributed by atoms with E-state index in [9.17, 15) is 13.2 Å². The Bertz CT molecular complexity index is 1400. The molecule has 252 valence electrons. The topological polar surface area (TPSA) is 43.0 Å². The molecule has 0 heterocycles. The summed E-state index contributed by atoms with van der Waals surface area (Å²) in [6.45, 7) is 3.31. The zero-order chi connectivity index (χ0) is 33.3. The average molecular weight is 649 g/mol. The van der Waals surface area contributed by atoms with Crippen LogP contribution in [-0.2, 0) is 6.18 Å². The lowest BCUT2D eigenvalue weighted by molar-refractivity contribution is -0.137. The number of alkyl halides is 3. The molecule has 8 heteroatoms. The van der Waals surface area contributed by atoms with Gasteiger partial charge in [0.05, 0.1) is 12.2 Å². The first kappa shape index (κ1) is 35.8. The molecule has 4 aromatic rings. The summed E-state index contributed by atoms with van der Waals surface area (Å²) in [5.74, 6) is 2.10. The number of benzene rings is 4. The Morgan fingerprint density at radius 1 is 0.617 bits per heavy atom. The molecule has 4 rings (SSSR count). The Hall–Kier alpha value is -4.01. The Balaban J connectivity index is 1.12. The highest BCUT2D eigenvalue weighted by molar-refractivity contribution is 5.32. The highest BCUT2D eigenvalue weighted by atomic mass is 19.4. The summed E-state index contributed by atoms with van der Waals surface area (Å²) in [4.78, 5) is 2.29. The lowest BCUT2D eigenvalue weighted by Crippen LogP contribution is -2.24. The van der Waals surface area contributed by atoms with Crippen LogP contribution in [0.5, 0.6) is 17.2 Å². The van der Waals surface area contributed by atoms with E-state index in [0.717, 1.165) is 92.9 Å². The predicted octanol–water partition coefficient (Wildman–Crippen LogP) is 9.52. The van der Waals surface area contributed by atoms with Gasteiger partial charge in [-0.05, 0) is 99.7 Å². The van der Waals surface area contributed by atoms with Gasteiger partial charge in [-0.2, -0.15) is 13.2 Å². The quantitative estimate of drug-likeness (QED) is 0.0968. The molecule has 5 nitrogen and oxygen atoms in total. The van der Waals surface area contributed by atoms with Crippen molar-refractivity contribution in [2.45, 2.75) is 56.9 Å². The van der Waals surface area contributed by atoms with Gasteiger partial charge in [-0.15, -0.1) is 0 Å². The minimum atomic E-state index is -4.37. The van der Waals surface area contributed by atoms with Crippen LogP contribution in [0.2, 0.25) is 0 Å². The number of hydrogen-bond donors (Lipinski definition) is 1. The van der Waals surface area contributed by atoms with Crippen molar-refractivity contribution in [3.8, 4) is 17.2 Å². The minimum Gasteiger partial charge on any atom is -0.494 e. The molecule has 0 saturated heterocycles. The van der Waals surface area contributed by atoms with Crippen molar-refractivity contribution in [2.75, 3.05) is 40.3 Å². The van der Waals surface area contributed by atoms with Gasteiger partial charge in [-0.1, -0.05) is 73.5 Å². The van der Waals surface area contributed by atoms with E-state index in [2.05, 4.69) is 29.4 Å². The fraction of sp³-hybridized carbons (Fsp3) is 0.385. The largest absolute Gasteiger partial charge is 0.494 e. The summed E-state index contributed by atoms with van der Waals surface area (Å²) < 4.78 is 57.4. The van der Waals surface area contributed by atoms with Crippen molar-refractivity contribution < 1.29 is 27.4 Å². The maximum Gasteiger partial charge on any atom is 0.416 e. The molecule has 0 saturated carbocycles. The number of halogens is 3. The number of ether oxygens (including phenoxy) is 3. The van der Waals surface area contributed by atoms with Gasteiger partial charge in [-0.25, -0.2) is 0 Å². The van der Waals surface area contributed by atoms with E-state index in [1.54, 1.807) is 0 Å². The molecule has 0 aliphatic rings. The third kappa shape index (κ3) is 12.6. The highest BCUT2D eigenvalue weighted by Gasteiger charge is 2.30. The van der Waals surface area contributed by atoms with Crippen molar-refractivity contribution in [1.82, 2.24) is 10.2 Å². The molecular weight excluding hydrogens is 601 g/mol. The van der Waals surface area contributed by atoms with Crippen LogP contribution < -0.4 is 19.5 Å². The molecule has 47 heavy (non-hydrogen) atoms. The fourth-order valence-electron chi connectivity index (χ4n) is 5.34. The van der Waals surface area contributed by atoms with Crippen LogP contribution in [0, 0.1) is 0 Å². The Labute approximate surface area is 277 Å². The van der Waals surface area contributed by atoms with Gasteiger partial charge in [0.15, 0.2) is 0 Å². The summed E-state index contributed by atoms with van der Waals surface area (Å²) in [5.41, 5.74) is 1.49. The first-order valence-corrected chi connectivity index (χ1v) is 16.5. The molecule has 0 aliphatic carbocycles. The van der Waals surface area contributed by atoms with Gasteiger partial charge in [-0.3, -0.25) is 0 Å². The van der Waals surface area contributed by atoms with Crippen molar-refractivity contribution in [3.63, 3.8) is 0 Å². The predicted molar refractivity (Wildman–Crippen MR) is 182 cm³/mol. The second kappa shape index (κ2) is 19.0. The van der Waals surface area contributed by atoms with Crippen LogP contribution in [0.1, 0.15) is 67.4 Å². The van der Waals surface area contributed by atoms with Gasteiger partial charge < -0.3 is 24.4 Å². The number of hydrogen-bond acceptors (Lipinski definition) is 5. The van der Waals surface area contributed by atoms with E-state index >= 15 is 0 Å². The smallest absolute Gasteiger partial charge is 0.416 e. The SMILES string of the molecule is CNCCC(Oc1ccc(OCCCCCCN(C)CCC(Oc2ccc(C(F)(F)F)cc2)c2ccccc2)cc1)c1ccccc1. The third-order valence-electron chi connectivity index (χ3n) is 8.04. The van der Waals surface area contributed by atoms with E-state index in [1.807, 2.05) is 79.8 Å².